The molecule has 0 aromatic rings. The fraction of sp³-hybridized carbons (Fsp3) is 0.643. The number of allylic oxidation sites excluding steroid dienone is 2. The van der Waals surface area contributed by atoms with E-state index in [-0.39, 0.29) is 0 Å². The first-order valence-electron chi connectivity index (χ1n) is 6.33. The minimum absolute atomic E-state index is 0.343. The summed E-state index contributed by atoms with van der Waals surface area (Å²) in [6.45, 7) is 6.01. The summed E-state index contributed by atoms with van der Waals surface area (Å²) in [5, 5.41) is 0. The Morgan fingerprint density at radius 2 is 1.88 bits per heavy atom. The molecule has 1 aliphatic heterocycles. The van der Waals surface area contributed by atoms with Gasteiger partial charge in [-0.05, 0) is 32.0 Å². The summed E-state index contributed by atoms with van der Waals surface area (Å²) < 4.78 is 0. The molecule has 1 fully saturated rings. The van der Waals surface area contributed by atoms with Crippen molar-refractivity contribution in [2.24, 2.45) is 0 Å². The molecule has 0 aromatic heterocycles. The summed E-state index contributed by atoms with van der Waals surface area (Å²) in [5.74, 6) is 0.343. The normalized spacial score (nSPS) is 22.7. The molecule has 1 heterocycles. The van der Waals surface area contributed by atoms with Crippen LogP contribution in [0.3, 0.4) is 0 Å². The third-order valence-electron chi connectivity index (χ3n) is 2.99. The van der Waals surface area contributed by atoms with E-state index in [9.17, 15) is 4.79 Å². The van der Waals surface area contributed by atoms with Crippen LogP contribution < -0.4 is 0 Å². The third kappa shape index (κ3) is 4.21. The maximum Gasteiger partial charge on any atom is 0.132 e. The van der Waals surface area contributed by atoms with Crippen LogP contribution in [0.2, 0.25) is 0 Å². The van der Waals surface area contributed by atoms with Gasteiger partial charge in [0.1, 0.15) is 5.78 Å². The monoisotopic (exact) mass is 221 g/mol. The second kappa shape index (κ2) is 6.51. The third-order valence-corrected chi connectivity index (χ3v) is 2.99. The minimum Gasteiger partial charge on any atom is -0.368 e. The van der Waals surface area contributed by atoms with E-state index in [2.05, 4.69) is 36.3 Å². The maximum absolute atomic E-state index is 10.2. The maximum atomic E-state index is 10.2. The van der Waals surface area contributed by atoms with Crippen molar-refractivity contribution in [2.75, 3.05) is 0 Å². The molecular weight excluding hydrogens is 198 g/mol. The molecule has 0 saturated heterocycles. The average Bonchev–Trinajstić information content (AvgIpc) is 3.13. The molecule has 1 atom stereocenters. The van der Waals surface area contributed by atoms with Gasteiger partial charge in [-0.25, -0.2) is 0 Å². The van der Waals surface area contributed by atoms with Crippen LogP contribution in [0.1, 0.15) is 46.5 Å². The number of hydrogen-bond acceptors (Lipinski definition) is 2. The topological polar surface area (TPSA) is 20.3 Å². The molecule has 0 aromatic carbocycles. The van der Waals surface area contributed by atoms with E-state index in [1.54, 1.807) is 0 Å². The second-order valence-electron chi connectivity index (χ2n) is 4.39. The van der Waals surface area contributed by atoms with Gasteiger partial charge in [0, 0.05) is 24.9 Å². The van der Waals surface area contributed by atoms with Crippen LogP contribution in [-0.2, 0) is 4.79 Å². The van der Waals surface area contributed by atoms with Crippen molar-refractivity contribution in [1.29, 1.82) is 0 Å². The fourth-order valence-electron chi connectivity index (χ4n) is 1.69. The van der Waals surface area contributed by atoms with Gasteiger partial charge in [0.2, 0.25) is 0 Å². The molecule has 0 bridgehead atoms. The van der Waals surface area contributed by atoms with Crippen LogP contribution in [-0.4, -0.2) is 22.8 Å². The van der Waals surface area contributed by atoms with Crippen molar-refractivity contribution in [1.82, 2.24) is 4.90 Å². The van der Waals surface area contributed by atoms with Crippen LogP contribution in [0.15, 0.2) is 24.4 Å². The Morgan fingerprint density at radius 1 is 1.25 bits per heavy atom. The Balaban J connectivity index is 0.000000187. The lowest BCUT2D eigenvalue weighted by molar-refractivity contribution is -0.118. The number of hydrogen-bond donors (Lipinski definition) is 0. The lowest BCUT2D eigenvalue weighted by atomic mass is 10.2. The highest BCUT2D eigenvalue weighted by molar-refractivity contribution is 5.77. The predicted molar refractivity (Wildman–Crippen MR) is 68.2 cm³/mol. The molecule has 0 N–H and O–H groups in total. The Hall–Kier alpha value is -1.05. The van der Waals surface area contributed by atoms with Gasteiger partial charge in [0.15, 0.2) is 0 Å². The molecule has 1 saturated carbocycles. The lowest BCUT2D eigenvalue weighted by Crippen LogP contribution is -2.29. The van der Waals surface area contributed by atoms with E-state index in [1.807, 2.05) is 13.8 Å². The molecule has 2 nitrogen and oxygen atoms in total. The summed E-state index contributed by atoms with van der Waals surface area (Å²) in [6, 6.07) is 1.48. The van der Waals surface area contributed by atoms with Gasteiger partial charge in [0.25, 0.3) is 0 Å². The zero-order valence-electron chi connectivity index (χ0n) is 10.6. The molecule has 1 unspecified atom stereocenters. The van der Waals surface area contributed by atoms with E-state index in [1.165, 1.54) is 12.8 Å². The van der Waals surface area contributed by atoms with Crippen LogP contribution >= 0.6 is 0 Å². The van der Waals surface area contributed by atoms with Crippen LogP contribution in [0.4, 0.5) is 0 Å². The number of rotatable bonds is 3. The molecular formula is C14H23NO. The minimum atomic E-state index is 0.343. The predicted octanol–water partition coefficient (Wildman–Crippen LogP) is 3.30. The van der Waals surface area contributed by atoms with E-state index in [4.69, 9.17) is 0 Å². The number of Topliss-reactive ketones (excluding diaryl/α,β-unsaturated/α-hetero) is 1. The largest absolute Gasteiger partial charge is 0.368 e. The number of nitrogens with zero attached hydrogens (tertiary/aromatic N) is 1. The van der Waals surface area contributed by atoms with E-state index >= 15 is 0 Å². The summed E-state index contributed by atoms with van der Waals surface area (Å²) in [6.07, 6.45) is 12.9. The summed E-state index contributed by atoms with van der Waals surface area (Å²) >= 11 is 0. The standard InChI is InChI=1S/C9H13N.C5H10O/c1-8-4-2-3-7-10(8)9-5-6-9;1-3-5(6)4-2/h2-4,7-9H,5-6H2,1H3;3-4H2,1-2H3. The van der Waals surface area contributed by atoms with E-state index < -0.39 is 0 Å². The van der Waals surface area contributed by atoms with Crippen molar-refractivity contribution in [2.45, 2.75) is 58.5 Å². The quantitative estimate of drug-likeness (QED) is 0.729. The van der Waals surface area contributed by atoms with Crippen molar-refractivity contribution in [3.05, 3.63) is 24.4 Å². The van der Waals surface area contributed by atoms with Crippen molar-refractivity contribution in [3.8, 4) is 0 Å². The van der Waals surface area contributed by atoms with Gasteiger partial charge >= 0.3 is 0 Å². The summed E-state index contributed by atoms with van der Waals surface area (Å²) in [7, 11) is 0. The van der Waals surface area contributed by atoms with Gasteiger partial charge in [-0.2, -0.15) is 0 Å². The number of carbonyl (C=O) groups is 1. The smallest absolute Gasteiger partial charge is 0.132 e. The molecule has 1 aliphatic carbocycles. The molecule has 90 valence electrons. The van der Waals surface area contributed by atoms with E-state index in [0.29, 0.717) is 24.7 Å². The van der Waals surface area contributed by atoms with Crippen molar-refractivity contribution < 1.29 is 4.79 Å². The first-order valence-corrected chi connectivity index (χ1v) is 6.33. The summed E-state index contributed by atoms with van der Waals surface area (Å²) in [4.78, 5) is 12.6. The number of ketones is 1. The SMILES string of the molecule is CC1C=CC=CN1C1CC1.CCC(=O)CC. The Morgan fingerprint density at radius 3 is 2.25 bits per heavy atom. The van der Waals surface area contributed by atoms with Gasteiger partial charge in [-0.15, -0.1) is 0 Å². The van der Waals surface area contributed by atoms with Crippen LogP contribution in [0, 0.1) is 0 Å². The Bertz CT molecular complexity index is 270. The van der Waals surface area contributed by atoms with Gasteiger partial charge < -0.3 is 4.90 Å². The summed E-state index contributed by atoms with van der Waals surface area (Å²) in [5.41, 5.74) is 0. The molecule has 0 radical (unpaired) electrons. The zero-order chi connectivity index (χ0) is 12.0. The van der Waals surface area contributed by atoms with Crippen LogP contribution in [0.25, 0.3) is 0 Å². The van der Waals surface area contributed by atoms with Gasteiger partial charge in [-0.1, -0.05) is 26.0 Å². The second-order valence-corrected chi connectivity index (χ2v) is 4.39. The highest BCUT2D eigenvalue weighted by Gasteiger charge is 2.29. The molecule has 2 aliphatic rings. The fourth-order valence-corrected chi connectivity index (χ4v) is 1.69. The lowest BCUT2D eigenvalue weighted by Gasteiger charge is -2.27. The highest BCUT2D eigenvalue weighted by atomic mass is 16.1. The van der Waals surface area contributed by atoms with Crippen LogP contribution in [0.5, 0.6) is 0 Å². The molecule has 2 rings (SSSR count). The highest BCUT2D eigenvalue weighted by Crippen LogP contribution is 2.30. The first-order chi connectivity index (χ1) is 7.69. The molecule has 16 heavy (non-hydrogen) atoms. The zero-order valence-corrected chi connectivity index (χ0v) is 10.6. The van der Waals surface area contributed by atoms with Crippen molar-refractivity contribution in [3.63, 3.8) is 0 Å². The van der Waals surface area contributed by atoms with Gasteiger partial charge in [0.05, 0.1) is 0 Å². The Kier molecular flexibility index (Phi) is 5.30. The molecule has 2 heteroatoms. The molecule has 0 spiro atoms. The van der Waals surface area contributed by atoms with Gasteiger partial charge in [-0.3, -0.25) is 4.79 Å². The van der Waals surface area contributed by atoms with E-state index in [0.717, 1.165) is 6.04 Å². The van der Waals surface area contributed by atoms with Crippen molar-refractivity contribution >= 4 is 5.78 Å². The number of carbonyl (C=O) groups excluding carboxylic acids is 1. The molecule has 0 amide bonds. The Labute approximate surface area is 99.0 Å². The first kappa shape index (κ1) is 13.0. The average molecular weight is 221 g/mol.